The van der Waals surface area contributed by atoms with E-state index in [2.05, 4.69) is 0 Å². The van der Waals surface area contributed by atoms with Crippen molar-refractivity contribution in [2.45, 2.75) is 6.92 Å². The number of furan rings is 1. The smallest absolute Gasteiger partial charge is 0.375 e. The number of hydrogen-bond acceptors (Lipinski definition) is 5. The zero-order valence-corrected chi connectivity index (χ0v) is 12.3. The third-order valence-corrected chi connectivity index (χ3v) is 3.72. The van der Waals surface area contributed by atoms with Crippen LogP contribution in [-0.4, -0.2) is 49.7 Å². The Morgan fingerprint density at radius 3 is 2.68 bits per heavy atom. The first-order valence-corrected chi connectivity index (χ1v) is 7.17. The molecule has 1 aromatic heterocycles. The lowest BCUT2D eigenvalue weighted by Gasteiger charge is -2.26. The minimum Gasteiger partial charge on any atom is -0.450 e. The summed E-state index contributed by atoms with van der Waals surface area (Å²) in [6.45, 7) is 3.60. The molecule has 0 aliphatic carbocycles. The highest BCUT2D eigenvalue weighted by molar-refractivity contribution is 5.96. The van der Waals surface area contributed by atoms with Crippen LogP contribution in [0.2, 0.25) is 0 Å². The summed E-state index contributed by atoms with van der Waals surface area (Å²) >= 11 is 0. The molecule has 22 heavy (non-hydrogen) atoms. The summed E-state index contributed by atoms with van der Waals surface area (Å²) in [5.74, 6) is -0.684. The number of carbonyl (C=O) groups is 2. The molecule has 0 atom stereocenters. The van der Waals surface area contributed by atoms with Gasteiger partial charge < -0.3 is 18.8 Å². The van der Waals surface area contributed by atoms with Gasteiger partial charge in [0.2, 0.25) is 5.76 Å². The SMILES string of the molecule is Cc1c(C(=O)OCC(=O)N2CCOCC2)oc2ccccc12. The van der Waals surface area contributed by atoms with Gasteiger partial charge >= 0.3 is 5.97 Å². The molecule has 2 aromatic rings. The van der Waals surface area contributed by atoms with Gasteiger partial charge in [-0.3, -0.25) is 4.79 Å². The fourth-order valence-electron chi connectivity index (χ4n) is 2.47. The minimum absolute atomic E-state index is 0.149. The molecule has 3 rings (SSSR count). The van der Waals surface area contributed by atoms with Crippen LogP contribution in [0.5, 0.6) is 0 Å². The quantitative estimate of drug-likeness (QED) is 0.808. The standard InChI is InChI=1S/C16H17NO5/c1-11-12-4-2-3-5-13(12)22-15(11)16(19)21-10-14(18)17-6-8-20-9-7-17/h2-5H,6-10H2,1H3. The highest BCUT2D eigenvalue weighted by Crippen LogP contribution is 2.25. The highest BCUT2D eigenvalue weighted by atomic mass is 16.5. The van der Waals surface area contributed by atoms with Crippen molar-refractivity contribution in [1.29, 1.82) is 0 Å². The number of fused-ring (bicyclic) bond motifs is 1. The second-order valence-electron chi connectivity index (χ2n) is 5.12. The van der Waals surface area contributed by atoms with Crippen LogP contribution in [-0.2, 0) is 14.3 Å². The third kappa shape index (κ3) is 2.82. The molecular weight excluding hydrogens is 286 g/mol. The summed E-state index contributed by atoms with van der Waals surface area (Å²) in [5, 5.41) is 0.869. The zero-order chi connectivity index (χ0) is 15.5. The number of esters is 1. The molecule has 1 aromatic carbocycles. The maximum Gasteiger partial charge on any atom is 0.375 e. The van der Waals surface area contributed by atoms with Gasteiger partial charge in [0.25, 0.3) is 5.91 Å². The van der Waals surface area contributed by atoms with Crippen LogP contribution in [0.1, 0.15) is 16.1 Å². The number of rotatable bonds is 3. The van der Waals surface area contributed by atoms with Crippen LogP contribution >= 0.6 is 0 Å². The van der Waals surface area contributed by atoms with E-state index in [-0.39, 0.29) is 18.3 Å². The number of hydrogen-bond donors (Lipinski definition) is 0. The Morgan fingerprint density at radius 1 is 1.23 bits per heavy atom. The lowest BCUT2D eigenvalue weighted by molar-refractivity contribution is -0.138. The van der Waals surface area contributed by atoms with Crippen molar-refractivity contribution in [2.75, 3.05) is 32.9 Å². The van der Waals surface area contributed by atoms with Gasteiger partial charge in [0.05, 0.1) is 13.2 Å². The topological polar surface area (TPSA) is 69.0 Å². The molecule has 1 fully saturated rings. The summed E-state index contributed by atoms with van der Waals surface area (Å²) in [6, 6.07) is 7.38. The van der Waals surface area contributed by atoms with E-state index in [1.165, 1.54) is 0 Å². The van der Waals surface area contributed by atoms with Crippen molar-refractivity contribution in [3.8, 4) is 0 Å². The van der Waals surface area contributed by atoms with E-state index in [4.69, 9.17) is 13.9 Å². The van der Waals surface area contributed by atoms with Gasteiger partial charge in [0, 0.05) is 24.0 Å². The number of carbonyl (C=O) groups excluding carboxylic acids is 2. The summed E-state index contributed by atoms with van der Waals surface area (Å²) in [6.07, 6.45) is 0. The number of ether oxygens (including phenoxy) is 2. The van der Waals surface area contributed by atoms with E-state index in [1.54, 1.807) is 17.9 Å². The van der Waals surface area contributed by atoms with Crippen LogP contribution in [0.25, 0.3) is 11.0 Å². The molecule has 1 aliphatic rings. The van der Waals surface area contributed by atoms with E-state index in [0.717, 1.165) is 10.9 Å². The molecule has 0 N–H and O–H groups in total. The van der Waals surface area contributed by atoms with Crippen LogP contribution in [0.15, 0.2) is 28.7 Å². The summed E-state index contributed by atoms with van der Waals surface area (Å²) in [5.41, 5.74) is 1.35. The molecule has 1 saturated heterocycles. The molecule has 1 aliphatic heterocycles. The first-order valence-electron chi connectivity index (χ1n) is 7.17. The van der Waals surface area contributed by atoms with Gasteiger partial charge in [-0.15, -0.1) is 0 Å². The van der Waals surface area contributed by atoms with E-state index >= 15 is 0 Å². The van der Waals surface area contributed by atoms with Gasteiger partial charge in [0.15, 0.2) is 6.61 Å². The third-order valence-electron chi connectivity index (χ3n) is 3.72. The van der Waals surface area contributed by atoms with Gasteiger partial charge in [-0.25, -0.2) is 4.79 Å². The second kappa shape index (κ2) is 6.19. The Kier molecular flexibility index (Phi) is 4.11. The molecular formula is C16H17NO5. The fraction of sp³-hybridized carbons (Fsp3) is 0.375. The Hall–Kier alpha value is -2.34. The van der Waals surface area contributed by atoms with Crippen molar-refractivity contribution >= 4 is 22.8 Å². The van der Waals surface area contributed by atoms with Crippen LogP contribution < -0.4 is 0 Å². The number of aryl methyl sites for hydroxylation is 1. The maximum absolute atomic E-state index is 12.1. The molecule has 0 saturated carbocycles. The predicted octanol–water partition coefficient (Wildman–Crippen LogP) is 1.76. The molecule has 116 valence electrons. The van der Waals surface area contributed by atoms with Crippen molar-refractivity contribution < 1.29 is 23.5 Å². The normalized spacial score (nSPS) is 15.0. The summed E-state index contributed by atoms with van der Waals surface area (Å²) in [4.78, 5) is 25.7. The molecule has 2 heterocycles. The Balaban J connectivity index is 1.66. The van der Waals surface area contributed by atoms with Gasteiger partial charge in [-0.05, 0) is 13.0 Å². The fourth-order valence-corrected chi connectivity index (χ4v) is 2.47. The highest BCUT2D eigenvalue weighted by Gasteiger charge is 2.22. The lowest BCUT2D eigenvalue weighted by Crippen LogP contribution is -2.42. The second-order valence-corrected chi connectivity index (χ2v) is 5.12. The Labute approximate surface area is 127 Å². The van der Waals surface area contributed by atoms with Crippen LogP contribution in [0.3, 0.4) is 0 Å². The number of amides is 1. The van der Waals surface area contributed by atoms with Crippen molar-refractivity contribution in [3.05, 3.63) is 35.6 Å². The molecule has 6 nitrogen and oxygen atoms in total. The monoisotopic (exact) mass is 303 g/mol. The molecule has 0 unspecified atom stereocenters. The van der Waals surface area contributed by atoms with Crippen molar-refractivity contribution in [1.82, 2.24) is 4.90 Å². The van der Waals surface area contributed by atoms with Gasteiger partial charge in [-0.2, -0.15) is 0 Å². The zero-order valence-electron chi connectivity index (χ0n) is 12.3. The first-order chi connectivity index (χ1) is 10.7. The van der Waals surface area contributed by atoms with Gasteiger partial charge in [-0.1, -0.05) is 18.2 Å². The number of para-hydroxylation sites is 1. The van der Waals surface area contributed by atoms with Gasteiger partial charge in [0.1, 0.15) is 5.58 Å². The van der Waals surface area contributed by atoms with Crippen LogP contribution in [0.4, 0.5) is 0 Å². The Bertz CT molecular complexity index is 700. The van der Waals surface area contributed by atoms with Crippen molar-refractivity contribution in [2.24, 2.45) is 0 Å². The maximum atomic E-state index is 12.1. The van der Waals surface area contributed by atoms with E-state index in [1.807, 2.05) is 18.2 Å². The summed E-state index contributed by atoms with van der Waals surface area (Å²) < 4.78 is 15.8. The number of benzene rings is 1. The van der Waals surface area contributed by atoms with Crippen LogP contribution in [0, 0.1) is 6.92 Å². The molecule has 0 spiro atoms. The largest absolute Gasteiger partial charge is 0.450 e. The molecule has 6 heteroatoms. The average Bonchev–Trinajstić information content (AvgIpc) is 2.90. The summed E-state index contributed by atoms with van der Waals surface area (Å²) in [7, 11) is 0. The Morgan fingerprint density at radius 2 is 1.95 bits per heavy atom. The van der Waals surface area contributed by atoms with Crippen molar-refractivity contribution in [3.63, 3.8) is 0 Å². The number of nitrogens with zero attached hydrogens (tertiary/aromatic N) is 1. The minimum atomic E-state index is -0.615. The molecule has 0 radical (unpaired) electrons. The number of morpholine rings is 1. The molecule has 1 amide bonds. The van der Waals surface area contributed by atoms with E-state index in [9.17, 15) is 9.59 Å². The predicted molar refractivity (Wildman–Crippen MR) is 78.6 cm³/mol. The lowest BCUT2D eigenvalue weighted by atomic mass is 10.1. The average molecular weight is 303 g/mol. The molecule has 0 bridgehead atoms. The van der Waals surface area contributed by atoms with E-state index < -0.39 is 5.97 Å². The first kappa shape index (κ1) is 14.6. The van der Waals surface area contributed by atoms with E-state index in [0.29, 0.717) is 31.9 Å².